The zero-order valence-electron chi connectivity index (χ0n) is 41.6. The van der Waals surface area contributed by atoms with Crippen molar-refractivity contribution in [2.75, 3.05) is 6.61 Å². The molecule has 4 heteroatoms. The van der Waals surface area contributed by atoms with E-state index in [2.05, 4.69) is 67.8 Å². The van der Waals surface area contributed by atoms with Crippen LogP contribution in [0.4, 0.5) is 0 Å². The van der Waals surface area contributed by atoms with Crippen molar-refractivity contribution in [2.24, 2.45) is 0 Å². The summed E-state index contributed by atoms with van der Waals surface area (Å²) in [5.74, 6) is -0.0723. The van der Waals surface area contributed by atoms with E-state index in [4.69, 9.17) is 0 Å². The first kappa shape index (κ1) is 60.1. The number of aliphatic hydroxyl groups is 2. The van der Waals surface area contributed by atoms with Gasteiger partial charge < -0.3 is 15.5 Å². The van der Waals surface area contributed by atoms with Gasteiger partial charge in [-0.25, -0.2) is 0 Å². The molecule has 0 aromatic heterocycles. The van der Waals surface area contributed by atoms with E-state index in [0.29, 0.717) is 6.42 Å². The summed E-state index contributed by atoms with van der Waals surface area (Å²) in [5.41, 5.74) is 0. The second-order valence-corrected chi connectivity index (χ2v) is 18.6. The lowest BCUT2D eigenvalue weighted by molar-refractivity contribution is -0.123. The third-order valence-electron chi connectivity index (χ3n) is 12.5. The topological polar surface area (TPSA) is 69.6 Å². The van der Waals surface area contributed by atoms with Gasteiger partial charge in [0.25, 0.3) is 0 Å². The van der Waals surface area contributed by atoms with Crippen molar-refractivity contribution in [1.82, 2.24) is 5.32 Å². The average molecular weight is 866 g/mol. The second kappa shape index (κ2) is 53.4. The van der Waals surface area contributed by atoms with E-state index in [1.54, 1.807) is 6.08 Å². The van der Waals surface area contributed by atoms with Gasteiger partial charge in [-0.1, -0.05) is 267 Å². The number of hydrogen-bond acceptors (Lipinski definition) is 3. The van der Waals surface area contributed by atoms with Crippen molar-refractivity contribution in [1.29, 1.82) is 0 Å². The number of nitrogens with one attached hydrogen (secondary N) is 1. The number of aliphatic hydroxyl groups excluding tert-OH is 2. The van der Waals surface area contributed by atoms with Crippen molar-refractivity contribution < 1.29 is 15.0 Å². The Balaban J connectivity index is 3.52. The number of amides is 1. The van der Waals surface area contributed by atoms with Gasteiger partial charge in [-0.15, -0.1) is 0 Å². The monoisotopic (exact) mass is 866 g/mol. The van der Waals surface area contributed by atoms with Crippen LogP contribution in [0.2, 0.25) is 0 Å². The summed E-state index contributed by atoms with van der Waals surface area (Å²) in [6, 6.07) is -0.641. The molecule has 1 amide bonds. The Morgan fingerprint density at radius 3 is 1.05 bits per heavy atom. The highest BCUT2D eigenvalue weighted by Crippen LogP contribution is 2.16. The molecule has 0 saturated heterocycles. The first-order valence-corrected chi connectivity index (χ1v) is 27.5. The predicted molar refractivity (Wildman–Crippen MR) is 276 cm³/mol. The van der Waals surface area contributed by atoms with Gasteiger partial charge in [0.1, 0.15) is 0 Å². The van der Waals surface area contributed by atoms with Crippen LogP contribution in [0.5, 0.6) is 0 Å². The maximum Gasteiger partial charge on any atom is 0.220 e. The summed E-state index contributed by atoms with van der Waals surface area (Å²) in [6.07, 6.45) is 75.2. The standard InChI is InChI=1S/C58H107NO3/c1-3-5-7-9-11-13-15-17-19-21-23-24-25-26-27-28-29-30-31-32-33-34-36-38-40-42-44-46-48-50-52-54-58(62)59-56(55-60)57(61)53-51-49-47-45-43-41-39-37-35-22-20-18-16-14-12-10-8-6-4-2/h15,17,21,23,25-26,43,45,51,53,56-57,60-61H,3-14,16,18-20,22,24,27-42,44,46-50,52,54-55H2,1-2H3,(H,59,62)/b17-15-,23-21-,26-25-,45-43+,53-51+. The Labute approximate surface area is 387 Å². The Morgan fingerprint density at radius 2 is 0.677 bits per heavy atom. The van der Waals surface area contributed by atoms with Gasteiger partial charge in [0, 0.05) is 6.42 Å². The van der Waals surface area contributed by atoms with Crippen molar-refractivity contribution in [3.05, 3.63) is 60.8 Å². The van der Waals surface area contributed by atoms with Crippen LogP contribution in [-0.4, -0.2) is 34.9 Å². The maximum atomic E-state index is 12.5. The lowest BCUT2D eigenvalue weighted by atomic mass is 10.0. The number of carbonyl (C=O) groups is 1. The van der Waals surface area contributed by atoms with Crippen LogP contribution in [0.1, 0.15) is 284 Å². The molecule has 0 aromatic rings. The Bertz CT molecular complexity index is 1030. The van der Waals surface area contributed by atoms with Gasteiger partial charge in [-0.3, -0.25) is 4.79 Å². The molecule has 0 heterocycles. The van der Waals surface area contributed by atoms with Gasteiger partial charge in [-0.05, 0) is 70.6 Å². The minimum absolute atomic E-state index is 0.0723. The molecule has 0 radical (unpaired) electrons. The van der Waals surface area contributed by atoms with Crippen LogP contribution in [0.3, 0.4) is 0 Å². The van der Waals surface area contributed by atoms with E-state index < -0.39 is 12.1 Å². The largest absolute Gasteiger partial charge is 0.394 e. The van der Waals surface area contributed by atoms with E-state index in [-0.39, 0.29) is 12.5 Å². The summed E-state index contributed by atoms with van der Waals surface area (Å²) < 4.78 is 0. The SMILES string of the molecule is CCCCCCC/C=C\C/C=C\C/C=C\CCCCCCCCCCCCCCCCCCC(=O)NC(CO)C(O)/C=C/CC/C=C/CCCCCCCCCCCCCCC. The molecule has 62 heavy (non-hydrogen) atoms. The lowest BCUT2D eigenvalue weighted by Gasteiger charge is -2.19. The van der Waals surface area contributed by atoms with E-state index in [1.807, 2.05) is 6.08 Å². The van der Waals surface area contributed by atoms with Crippen LogP contribution in [0, 0.1) is 0 Å². The highest BCUT2D eigenvalue weighted by molar-refractivity contribution is 5.76. The van der Waals surface area contributed by atoms with Crippen molar-refractivity contribution >= 4 is 5.91 Å². The highest BCUT2D eigenvalue weighted by Gasteiger charge is 2.18. The minimum atomic E-state index is -0.864. The van der Waals surface area contributed by atoms with E-state index in [0.717, 1.165) is 44.9 Å². The highest BCUT2D eigenvalue weighted by atomic mass is 16.3. The van der Waals surface area contributed by atoms with Gasteiger partial charge >= 0.3 is 0 Å². The number of rotatable bonds is 50. The molecular weight excluding hydrogens is 759 g/mol. The smallest absolute Gasteiger partial charge is 0.220 e. The molecule has 2 unspecified atom stereocenters. The quantitative estimate of drug-likeness (QED) is 0.0421. The van der Waals surface area contributed by atoms with Gasteiger partial charge in [-0.2, -0.15) is 0 Å². The fraction of sp³-hybridized carbons (Fsp3) is 0.810. The Hall–Kier alpha value is -1.91. The third kappa shape index (κ3) is 49.1. The van der Waals surface area contributed by atoms with Gasteiger partial charge in [0.05, 0.1) is 18.8 Å². The van der Waals surface area contributed by atoms with E-state index in [9.17, 15) is 15.0 Å². The third-order valence-corrected chi connectivity index (χ3v) is 12.5. The lowest BCUT2D eigenvalue weighted by Crippen LogP contribution is -2.45. The van der Waals surface area contributed by atoms with E-state index in [1.165, 1.54) is 218 Å². The molecule has 0 saturated carbocycles. The molecule has 4 nitrogen and oxygen atoms in total. The van der Waals surface area contributed by atoms with Crippen LogP contribution >= 0.6 is 0 Å². The molecule has 0 aliphatic rings. The zero-order valence-corrected chi connectivity index (χ0v) is 41.6. The van der Waals surface area contributed by atoms with Crippen molar-refractivity contribution in [2.45, 2.75) is 296 Å². The fourth-order valence-corrected chi connectivity index (χ4v) is 8.26. The van der Waals surface area contributed by atoms with Crippen LogP contribution < -0.4 is 5.32 Å². The Kier molecular flexibility index (Phi) is 51.8. The first-order chi connectivity index (χ1) is 30.7. The summed E-state index contributed by atoms with van der Waals surface area (Å²) in [6.45, 7) is 4.30. The molecule has 0 fully saturated rings. The molecule has 0 aromatic carbocycles. The van der Waals surface area contributed by atoms with Crippen LogP contribution in [-0.2, 0) is 4.79 Å². The molecule has 0 aliphatic carbocycles. The molecule has 0 aliphatic heterocycles. The molecule has 362 valence electrons. The first-order valence-electron chi connectivity index (χ1n) is 27.5. The Morgan fingerprint density at radius 1 is 0.387 bits per heavy atom. The summed E-state index contributed by atoms with van der Waals surface area (Å²) in [4.78, 5) is 12.5. The number of carbonyl (C=O) groups excluding carboxylic acids is 1. The molecule has 0 spiro atoms. The predicted octanol–water partition coefficient (Wildman–Crippen LogP) is 18.0. The van der Waals surface area contributed by atoms with Crippen molar-refractivity contribution in [3.8, 4) is 0 Å². The fourth-order valence-electron chi connectivity index (χ4n) is 8.26. The van der Waals surface area contributed by atoms with Crippen molar-refractivity contribution in [3.63, 3.8) is 0 Å². The number of hydrogen-bond donors (Lipinski definition) is 3. The summed E-state index contributed by atoms with van der Waals surface area (Å²) >= 11 is 0. The van der Waals surface area contributed by atoms with Gasteiger partial charge in [0.15, 0.2) is 0 Å². The zero-order chi connectivity index (χ0) is 44.9. The minimum Gasteiger partial charge on any atom is -0.394 e. The van der Waals surface area contributed by atoms with Crippen LogP contribution in [0.15, 0.2) is 60.8 Å². The molecular formula is C58H107NO3. The second-order valence-electron chi connectivity index (χ2n) is 18.6. The normalized spacial score (nSPS) is 13.3. The molecule has 0 bridgehead atoms. The molecule has 2 atom stereocenters. The van der Waals surface area contributed by atoms with Crippen LogP contribution in [0.25, 0.3) is 0 Å². The molecule has 3 N–H and O–H groups in total. The number of unbranched alkanes of at least 4 members (excludes halogenated alkanes) is 35. The van der Waals surface area contributed by atoms with E-state index >= 15 is 0 Å². The maximum absolute atomic E-state index is 12.5. The average Bonchev–Trinajstić information content (AvgIpc) is 3.28. The van der Waals surface area contributed by atoms with Gasteiger partial charge in [0.2, 0.25) is 5.91 Å². The summed E-state index contributed by atoms with van der Waals surface area (Å²) in [7, 11) is 0. The molecule has 0 rings (SSSR count). The number of allylic oxidation sites excluding steroid dienone is 9. The summed E-state index contributed by atoms with van der Waals surface area (Å²) in [5, 5.41) is 23.1.